The predicted octanol–water partition coefficient (Wildman–Crippen LogP) is 3.74. The number of pyridine rings is 1. The summed E-state index contributed by atoms with van der Waals surface area (Å²) < 4.78 is 33.3. The highest BCUT2D eigenvalue weighted by Crippen LogP contribution is 2.33. The van der Waals surface area contributed by atoms with Crippen molar-refractivity contribution in [2.24, 2.45) is 5.92 Å². The largest absolute Gasteiger partial charge is 0.482 e. The van der Waals surface area contributed by atoms with Gasteiger partial charge in [-0.3, -0.25) is 4.98 Å². The standard InChI is InChI=1S/C16H15ClF2N2O/c17-12-1-2-15(14(19)6-12)22-16(10-3-4-20-7-10)11-5-13(18)9-21-8-11/h1-2,5-6,8-10,16,20H,3-4,7H2/t10-,16?/m0/s1. The third kappa shape index (κ3) is 3.36. The molecule has 1 aromatic heterocycles. The van der Waals surface area contributed by atoms with Crippen molar-refractivity contribution in [1.82, 2.24) is 10.3 Å². The molecular formula is C16H15ClF2N2O. The molecule has 0 spiro atoms. The maximum atomic E-state index is 14.0. The number of aromatic nitrogens is 1. The highest BCUT2D eigenvalue weighted by molar-refractivity contribution is 6.30. The van der Waals surface area contributed by atoms with Gasteiger partial charge in [0.05, 0.1) is 6.20 Å². The topological polar surface area (TPSA) is 34.1 Å². The highest BCUT2D eigenvalue weighted by atomic mass is 35.5. The molecule has 1 unspecified atom stereocenters. The Labute approximate surface area is 132 Å². The molecule has 1 aromatic carbocycles. The average molecular weight is 325 g/mol. The SMILES string of the molecule is Fc1cncc(C(Oc2ccc(Cl)cc2F)[C@H]2CCNC2)c1. The maximum Gasteiger partial charge on any atom is 0.166 e. The van der Waals surface area contributed by atoms with Crippen molar-refractivity contribution >= 4 is 11.6 Å². The van der Waals surface area contributed by atoms with E-state index >= 15 is 0 Å². The Kier molecular flexibility index (Phi) is 4.55. The number of benzene rings is 1. The predicted molar refractivity (Wildman–Crippen MR) is 80.0 cm³/mol. The lowest BCUT2D eigenvalue weighted by Gasteiger charge is -2.25. The quantitative estimate of drug-likeness (QED) is 0.930. The van der Waals surface area contributed by atoms with E-state index in [2.05, 4.69) is 10.3 Å². The van der Waals surface area contributed by atoms with Crippen LogP contribution >= 0.6 is 11.6 Å². The van der Waals surface area contributed by atoms with Gasteiger partial charge in [0.2, 0.25) is 0 Å². The number of halogens is 3. The van der Waals surface area contributed by atoms with Gasteiger partial charge in [-0.25, -0.2) is 8.78 Å². The number of hydrogen-bond acceptors (Lipinski definition) is 3. The Balaban J connectivity index is 1.91. The van der Waals surface area contributed by atoms with Gasteiger partial charge in [0.15, 0.2) is 11.6 Å². The summed E-state index contributed by atoms with van der Waals surface area (Å²) in [7, 11) is 0. The second-order valence-electron chi connectivity index (χ2n) is 5.30. The van der Waals surface area contributed by atoms with Gasteiger partial charge in [-0.2, -0.15) is 0 Å². The Morgan fingerprint density at radius 1 is 1.27 bits per heavy atom. The lowest BCUT2D eigenvalue weighted by atomic mass is 9.96. The molecule has 2 atom stereocenters. The molecular weight excluding hydrogens is 310 g/mol. The molecule has 1 aliphatic heterocycles. The van der Waals surface area contributed by atoms with Gasteiger partial charge in [0.1, 0.15) is 11.9 Å². The maximum absolute atomic E-state index is 14.0. The fourth-order valence-corrected chi connectivity index (χ4v) is 2.82. The van der Waals surface area contributed by atoms with Crippen molar-refractivity contribution in [3.05, 3.63) is 58.9 Å². The summed E-state index contributed by atoms with van der Waals surface area (Å²) in [5.41, 5.74) is 0.600. The van der Waals surface area contributed by atoms with Gasteiger partial charge in [-0.1, -0.05) is 11.6 Å². The van der Waals surface area contributed by atoms with Crippen molar-refractivity contribution in [1.29, 1.82) is 0 Å². The van der Waals surface area contributed by atoms with Crippen molar-refractivity contribution in [2.75, 3.05) is 13.1 Å². The zero-order chi connectivity index (χ0) is 15.5. The van der Waals surface area contributed by atoms with E-state index < -0.39 is 17.7 Å². The van der Waals surface area contributed by atoms with Gasteiger partial charge >= 0.3 is 0 Å². The zero-order valence-electron chi connectivity index (χ0n) is 11.7. The monoisotopic (exact) mass is 324 g/mol. The molecule has 3 rings (SSSR count). The van der Waals surface area contributed by atoms with Crippen LogP contribution in [0.2, 0.25) is 5.02 Å². The van der Waals surface area contributed by atoms with Gasteiger partial charge in [0.25, 0.3) is 0 Å². The van der Waals surface area contributed by atoms with Crippen LogP contribution in [0.1, 0.15) is 18.1 Å². The van der Waals surface area contributed by atoms with E-state index in [0.717, 1.165) is 25.7 Å². The smallest absolute Gasteiger partial charge is 0.166 e. The van der Waals surface area contributed by atoms with E-state index in [4.69, 9.17) is 16.3 Å². The minimum absolute atomic E-state index is 0.102. The summed E-state index contributed by atoms with van der Waals surface area (Å²) in [4.78, 5) is 3.86. The summed E-state index contributed by atoms with van der Waals surface area (Å²) in [6.07, 6.45) is 3.10. The molecule has 0 amide bonds. The van der Waals surface area contributed by atoms with Crippen LogP contribution in [-0.2, 0) is 0 Å². The number of ether oxygens (including phenoxy) is 1. The van der Waals surface area contributed by atoms with Gasteiger partial charge in [0, 0.05) is 29.2 Å². The second kappa shape index (κ2) is 6.58. The number of rotatable bonds is 4. The summed E-state index contributed by atoms with van der Waals surface area (Å²) >= 11 is 5.75. The molecule has 1 aliphatic rings. The van der Waals surface area contributed by atoms with E-state index in [0.29, 0.717) is 10.6 Å². The molecule has 6 heteroatoms. The van der Waals surface area contributed by atoms with Crippen molar-refractivity contribution in [3.8, 4) is 5.75 Å². The van der Waals surface area contributed by atoms with Gasteiger partial charge in [-0.05, 0) is 37.2 Å². The lowest BCUT2D eigenvalue weighted by molar-refractivity contribution is 0.137. The number of nitrogens with one attached hydrogen (secondary N) is 1. The first-order valence-electron chi connectivity index (χ1n) is 7.06. The van der Waals surface area contributed by atoms with Crippen LogP contribution in [0.15, 0.2) is 36.7 Å². The summed E-state index contributed by atoms with van der Waals surface area (Å²) in [5, 5.41) is 3.54. The molecule has 1 saturated heterocycles. The van der Waals surface area contributed by atoms with Crippen LogP contribution in [0.25, 0.3) is 0 Å². The third-order valence-electron chi connectivity index (χ3n) is 3.73. The van der Waals surface area contributed by atoms with Crippen LogP contribution in [0.5, 0.6) is 5.75 Å². The van der Waals surface area contributed by atoms with Crippen LogP contribution in [0, 0.1) is 17.6 Å². The molecule has 0 bridgehead atoms. The molecule has 1 fully saturated rings. The molecule has 1 N–H and O–H groups in total. The molecule has 0 radical (unpaired) electrons. The first-order chi connectivity index (χ1) is 10.6. The molecule has 0 aliphatic carbocycles. The van der Waals surface area contributed by atoms with E-state index in [-0.39, 0.29) is 11.7 Å². The Morgan fingerprint density at radius 3 is 2.82 bits per heavy atom. The van der Waals surface area contributed by atoms with Crippen LogP contribution in [0.3, 0.4) is 0 Å². The van der Waals surface area contributed by atoms with Crippen molar-refractivity contribution < 1.29 is 13.5 Å². The zero-order valence-corrected chi connectivity index (χ0v) is 12.5. The fraction of sp³-hybridized carbons (Fsp3) is 0.312. The molecule has 2 heterocycles. The number of nitrogens with zero attached hydrogens (tertiary/aromatic N) is 1. The highest BCUT2D eigenvalue weighted by Gasteiger charge is 2.29. The minimum atomic E-state index is -0.534. The van der Waals surface area contributed by atoms with E-state index in [1.54, 1.807) is 12.3 Å². The molecule has 0 saturated carbocycles. The minimum Gasteiger partial charge on any atom is -0.482 e. The molecule has 2 aromatic rings. The van der Waals surface area contributed by atoms with Crippen molar-refractivity contribution in [3.63, 3.8) is 0 Å². The van der Waals surface area contributed by atoms with E-state index in [9.17, 15) is 8.78 Å². The second-order valence-corrected chi connectivity index (χ2v) is 5.74. The van der Waals surface area contributed by atoms with Crippen LogP contribution < -0.4 is 10.1 Å². The average Bonchev–Trinajstić information content (AvgIpc) is 3.00. The Hall–Kier alpha value is -1.72. The van der Waals surface area contributed by atoms with Crippen molar-refractivity contribution in [2.45, 2.75) is 12.5 Å². The van der Waals surface area contributed by atoms with Crippen LogP contribution in [-0.4, -0.2) is 18.1 Å². The molecule has 22 heavy (non-hydrogen) atoms. The fourth-order valence-electron chi connectivity index (χ4n) is 2.66. The lowest BCUT2D eigenvalue weighted by Crippen LogP contribution is -2.22. The first-order valence-corrected chi connectivity index (χ1v) is 7.44. The summed E-state index contributed by atoms with van der Waals surface area (Å²) in [5.74, 6) is -0.745. The molecule has 116 valence electrons. The summed E-state index contributed by atoms with van der Waals surface area (Å²) in [6, 6.07) is 5.63. The first kappa shape index (κ1) is 15.2. The number of hydrogen-bond donors (Lipinski definition) is 1. The van der Waals surface area contributed by atoms with E-state index in [1.807, 2.05) is 0 Å². The summed E-state index contributed by atoms with van der Waals surface area (Å²) in [6.45, 7) is 1.59. The van der Waals surface area contributed by atoms with Gasteiger partial charge in [-0.15, -0.1) is 0 Å². The van der Waals surface area contributed by atoms with Crippen LogP contribution in [0.4, 0.5) is 8.78 Å². The van der Waals surface area contributed by atoms with Gasteiger partial charge < -0.3 is 10.1 Å². The normalized spacial score (nSPS) is 19.1. The van der Waals surface area contributed by atoms with E-state index in [1.165, 1.54) is 18.2 Å². The Morgan fingerprint density at radius 2 is 2.14 bits per heavy atom. The third-order valence-corrected chi connectivity index (χ3v) is 3.96. The molecule has 3 nitrogen and oxygen atoms in total. The Bertz CT molecular complexity index is 662.